The number of nitrogens with one attached hydrogen (secondary N) is 1. The molecule has 0 saturated carbocycles. The molecule has 2 aromatic heterocycles. The van der Waals surface area contributed by atoms with E-state index >= 15 is 0 Å². The lowest BCUT2D eigenvalue weighted by Gasteiger charge is -2.25. The lowest BCUT2D eigenvalue weighted by Crippen LogP contribution is -2.35. The van der Waals surface area contributed by atoms with Gasteiger partial charge in [-0.1, -0.05) is 12.1 Å². The normalized spacial score (nSPS) is 15.6. The molecule has 1 fully saturated rings. The molecular formula is C24H26FN5O2. The van der Waals surface area contributed by atoms with Gasteiger partial charge in [-0.15, -0.1) is 0 Å². The summed E-state index contributed by atoms with van der Waals surface area (Å²) in [6, 6.07) is 11.7. The van der Waals surface area contributed by atoms with Crippen LogP contribution in [0.1, 0.15) is 41.7 Å². The van der Waals surface area contributed by atoms with E-state index in [4.69, 9.17) is 4.74 Å². The Morgan fingerprint density at radius 1 is 1.09 bits per heavy atom. The third kappa shape index (κ3) is 5.01. The van der Waals surface area contributed by atoms with E-state index in [1.807, 2.05) is 39.0 Å². The first-order chi connectivity index (χ1) is 15.4. The number of pyridine rings is 1. The number of benzene rings is 1. The van der Waals surface area contributed by atoms with Gasteiger partial charge in [-0.3, -0.25) is 9.78 Å². The zero-order chi connectivity index (χ0) is 22.7. The summed E-state index contributed by atoms with van der Waals surface area (Å²) in [6.45, 7) is 6.16. The van der Waals surface area contributed by atoms with Crippen molar-refractivity contribution in [1.82, 2.24) is 19.9 Å². The van der Waals surface area contributed by atoms with Gasteiger partial charge >= 0.3 is 0 Å². The number of carbonyl (C=O) groups excluding carboxylic acids is 1. The van der Waals surface area contributed by atoms with Gasteiger partial charge in [0.25, 0.3) is 5.91 Å². The van der Waals surface area contributed by atoms with Crippen LogP contribution in [0, 0.1) is 26.6 Å². The molecule has 4 rings (SSSR count). The minimum atomic E-state index is -0.483. The second-order valence-electron chi connectivity index (χ2n) is 7.99. The Hall–Kier alpha value is -3.55. The highest BCUT2D eigenvalue weighted by Gasteiger charge is 2.31. The Balaban J connectivity index is 1.50. The number of nitrogens with zero attached hydrogens (tertiary/aromatic N) is 4. The zero-order valence-corrected chi connectivity index (χ0v) is 18.4. The zero-order valence-electron chi connectivity index (χ0n) is 18.4. The maximum absolute atomic E-state index is 13.8. The van der Waals surface area contributed by atoms with Gasteiger partial charge in [0.15, 0.2) is 18.2 Å². The molecule has 1 N–H and O–H groups in total. The number of amides is 1. The van der Waals surface area contributed by atoms with Crippen molar-refractivity contribution in [2.75, 3.05) is 18.5 Å². The molecule has 0 radical (unpaired) electrons. The maximum atomic E-state index is 13.8. The number of halogens is 1. The monoisotopic (exact) mass is 435 g/mol. The number of hydrogen-bond acceptors (Lipinski definition) is 6. The van der Waals surface area contributed by atoms with Crippen LogP contribution in [0.3, 0.4) is 0 Å². The smallest absolute Gasteiger partial charge is 0.261 e. The van der Waals surface area contributed by atoms with Crippen LogP contribution >= 0.6 is 0 Å². The molecule has 1 saturated heterocycles. The quantitative estimate of drug-likeness (QED) is 0.617. The number of aryl methyl sites for hydroxylation is 3. The van der Waals surface area contributed by atoms with Gasteiger partial charge in [0.1, 0.15) is 0 Å². The van der Waals surface area contributed by atoms with E-state index in [9.17, 15) is 9.18 Å². The molecule has 1 aliphatic heterocycles. The van der Waals surface area contributed by atoms with E-state index in [-0.39, 0.29) is 24.3 Å². The summed E-state index contributed by atoms with van der Waals surface area (Å²) in [5.41, 5.74) is 4.21. The van der Waals surface area contributed by atoms with E-state index in [2.05, 4.69) is 20.3 Å². The van der Waals surface area contributed by atoms with E-state index in [0.717, 1.165) is 41.3 Å². The van der Waals surface area contributed by atoms with Crippen molar-refractivity contribution in [2.24, 2.45) is 0 Å². The minimum absolute atomic E-state index is 0.0743. The summed E-state index contributed by atoms with van der Waals surface area (Å²) in [7, 11) is 0. The third-order valence-corrected chi connectivity index (χ3v) is 5.31. The molecular weight excluding hydrogens is 409 g/mol. The Bertz CT molecular complexity index is 1120. The molecule has 1 amide bonds. The highest BCUT2D eigenvalue weighted by Crippen LogP contribution is 2.33. The standard InChI is InChI=1S/C24H26FN5O2/c1-15-11-16(2)28-24(27-15)29-18-12-17(3)26-20(13-18)21-8-6-10-30(21)23(31)14-32-22-9-5-4-7-19(22)25/h4-5,7,9,11-13,21H,6,8,10,14H2,1-3H3,(H,26,27,28,29). The van der Waals surface area contributed by atoms with Gasteiger partial charge in [-0.25, -0.2) is 14.4 Å². The number of carbonyl (C=O) groups is 1. The van der Waals surface area contributed by atoms with Crippen molar-refractivity contribution >= 4 is 17.5 Å². The van der Waals surface area contributed by atoms with Crippen LogP contribution in [-0.4, -0.2) is 38.9 Å². The number of aromatic nitrogens is 3. The Labute approximate surface area is 186 Å². The minimum Gasteiger partial charge on any atom is -0.481 e. The van der Waals surface area contributed by atoms with E-state index in [1.54, 1.807) is 17.0 Å². The number of ether oxygens (including phenoxy) is 1. The molecule has 166 valence electrons. The van der Waals surface area contributed by atoms with Gasteiger partial charge in [0, 0.05) is 29.3 Å². The van der Waals surface area contributed by atoms with Gasteiger partial charge < -0.3 is 15.0 Å². The molecule has 7 nitrogen and oxygen atoms in total. The van der Waals surface area contributed by atoms with E-state index < -0.39 is 5.82 Å². The topological polar surface area (TPSA) is 80.2 Å². The maximum Gasteiger partial charge on any atom is 0.261 e. The van der Waals surface area contributed by atoms with Crippen LogP contribution in [0.2, 0.25) is 0 Å². The Morgan fingerprint density at radius 2 is 1.81 bits per heavy atom. The van der Waals surface area contributed by atoms with Crippen LogP contribution in [0.25, 0.3) is 0 Å². The molecule has 1 unspecified atom stereocenters. The summed E-state index contributed by atoms with van der Waals surface area (Å²) in [4.78, 5) is 28.2. The van der Waals surface area contributed by atoms with Crippen molar-refractivity contribution in [3.63, 3.8) is 0 Å². The van der Waals surface area contributed by atoms with Crippen LogP contribution in [0.4, 0.5) is 16.0 Å². The lowest BCUT2D eigenvalue weighted by atomic mass is 10.1. The Morgan fingerprint density at radius 3 is 2.56 bits per heavy atom. The predicted molar refractivity (Wildman–Crippen MR) is 119 cm³/mol. The van der Waals surface area contributed by atoms with E-state index in [1.165, 1.54) is 12.1 Å². The molecule has 0 bridgehead atoms. The summed E-state index contributed by atoms with van der Waals surface area (Å²) in [5.74, 6) is -0.0731. The predicted octanol–water partition coefficient (Wildman–Crippen LogP) is 4.42. The van der Waals surface area contributed by atoms with Gasteiger partial charge in [-0.2, -0.15) is 0 Å². The molecule has 1 aliphatic rings. The van der Waals surface area contributed by atoms with Crippen molar-refractivity contribution < 1.29 is 13.9 Å². The lowest BCUT2D eigenvalue weighted by molar-refractivity contribution is -0.134. The molecule has 32 heavy (non-hydrogen) atoms. The van der Waals surface area contributed by atoms with Crippen LogP contribution in [0.15, 0.2) is 42.5 Å². The fourth-order valence-electron chi connectivity index (χ4n) is 4.00. The molecule has 0 aliphatic carbocycles. The average Bonchev–Trinajstić information content (AvgIpc) is 3.22. The first-order valence-electron chi connectivity index (χ1n) is 10.6. The largest absolute Gasteiger partial charge is 0.481 e. The van der Waals surface area contributed by atoms with Gasteiger partial charge in [0.2, 0.25) is 5.95 Å². The summed E-state index contributed by atoms with van der Waals surface area (Å²) < 4.78 is 19.2. The van der Waals surface area contributed by atoms with Crippen molar-refractivity contribution in [3.8, 4) is 5.75 Å². The summed E-state index contributed by atoms with van der Waals surface area (Å²) >= 11 is 0. The van der Waals surface area contributed by atoms with E-state index in [0.29, 0.717) is 12.5 Å². The van der Waals surface area contributed by atoms with Crippen molar-refractivity contribution in [1.29, 1.82) is 0 Å². The summed E-state index contributed by atoms with van der Waals surface area (Å²) in [6.07, 6.45) is 1.68. The molecule has 8 heteroatoms. The molecule has 0 spiro atoms. The van der Waals surface area contributed by atoms with Crippen molar-refractivity contribution in [3.05, 3.63) is 71.1 Å². The van der Waals surface area contributed by atoms with Crippen LogP contribution in [0.5, 0.6) is 5.75 Å². The van der Waals surface area contributed by atoms with Gasteiger partial charge in [-0.05, 0) is 63.9 Å². The molecule has 3 aromatic rings. The fraction of sp³-hybridized carbons (Fsp3) is 0.333. The van der Waals surface area contributed by atoms with Crippen molar-refractivity contribution in [2.45, 2.75) is 39.7 Å². The van der Waals surface area contributed by atoms with Gasteiger partial charge in [0.05, 0.1) is 11.7 Å². The SMILES string of the molecule is Cc1cc(Nc2nc(C)cc(C)n2)cc(C2CCCN2C(=O)COc2ccccc2F)n1. The second kappa shape index (κ2) is 9.30. The Kier molecular flexibility index (Phi) is 6.30. The number of para-hydroxylation sites is 1. The number of hydrogen-bond donors (Lipinski definition) is 1. The second-order valence-corrected chi connectivity index (χ2v) is 7.99. The highest BCUT2D eigenvalue weighted by atomic mass is 19.1. The summed E-state index contributed by atoms with van der Waals surface area (Å²) in [5, 5.41) is 3.26. The molecule has 1 aromatic carbocycles. The van der Waals surface area contributed by atoms with Crippen LogP contribution < -0.4 is 10.1 Å². The average molecular weight is 436 g/mol. The fourth-order valence-corrected chi connectivity index (χ4v) is 4.00. The third-order valence-electron chi connectivity index (χ3n) is 5.31. The number of anilines is 2. The first-order valence-corrected chi connectivity index (χ1v) is 10.6. The van der Waals surface area contributed by atoms with Crippen LogP contribution in [-0.2, 0) is 4.79 Å². The number of rotatable bonds is 6. The molecule has 1 atom stereocenters. The molecule has 3 heterocycles. The highest BCUT2D eigenvalue weighted by molar-refractivity contribution is 5.78. The number of likely N-dealkylation sites (tertiary alicyclic amines) is 1. The first kappa shape index (κ1) is 21.7.